The van der Waals surface area contributed by atoms with Crippen LogP contribution in [0, 0.1) is 0 Å². The number of carboxylic acid groups (broad SMARTS) is 1. The van der Waals surface area contributed by atoms with Crippen molar-refractivity contribution in [2.24, 2.45) is 0 Å². The predicted molar refractivity (Wildman–Crippen MR) is 62.0 cm³/mol. The van der Waals surface area contributed by atoms with Gasteiger partial charge in [0.2, 0.25) is 0 Å². The zero-order valence-electron chi connectivity index (χ0n) is 11.8. The first-order valence-corrected chi connectivity index (χ1v) is 5.73. The van der Waals surface area contributed by atoms with Crippen molar-refractivity contribution >= 4 is 11.9 Å². The van der Waals surface area contributed by atoms with Crippen molar-refractivity contribution < 1.29 is 50.4 Å². The van der Waals surface area contributed by atoms with Crippen LogP contribution in [0.25, 0.3) is 0 Å². The summed E-state index contributed by atoms with van der Waals surface area (Å²) in [6.45, 7) is 2.15. The molecule has 0 bridgehead atoms. The molecule has 0 radical (unpaired) electrons. The van der Waals surface area contributed by atoms with E-state index in [-0.39, 0.29) is 43.8 Å². The minimum atomic E-state index is -0.986. The van der Waals surface area contributed by atoms with E-state index in [1.807, 2.05) is 0 Å². The number of allylic oxidation sites excluding steroid dienone is 1. The Balaban J connectivity index is -0.00000112. The number of rotatable bonds is 9. The summed E-state index contributed by atoms with van der Waals surface area (Å²) in [5.74, 6) is -1.48. The predicted octanol–water partition coefficient (Wildman–Crippen LogP) is -0.00500. The molecule has 0 aliphatic rings. The quantitative estimate of drug-likeness (QED) is 0.271. The molecular formula is C12H21NaO4. The van der Waals surface area contributed by atoms with E-state index in [9.17, 15) is 9.59 Å². The van der Waals surface area contributed by atoms with E-state index in [2.05, 4.69) is 6.92 Å². The van der Waals surface area contributed by atoms with Gasteiger partial charge in [0.1, 0.15) is 0 Å². The van der Waals surface area contributed by atoms with Gasteiger partial charge in [0.25, 0.3) is 0 Å². The van der Waals surface area contributed by atoms with E-state index >= 15 is 0 Å². The summed E-state index contributed by atoms with van der Waals surface area (Å²) in [5, 5.41) is 8.33. The van der Waals surface area contributed by atoms with Gasteiger partial charge in [-0.2, -0.15) is 0 Å². The molecule has 0 amide bonds. The maximum atomic E-state index is 10.9. The smallest absolute Gasteiger partial charge is 1.00 e. The van der Waals surface area contributed by atoms with Crippen LogP contribution in [0.15, 0.2) is 12.3 Å². The third kappa shape index (κ3) is 15.7. The van der Waals surface area contributed by atoms with Gasteiger partial charge in [-0.25, -0.2) is 0 Å². The maximum Gasteiger partial charge on any atom is 1.00 e. The molecule has 0 rings (SSSR count). The van der Waals surface area contributed by atoms with Crippen LogP contribution < -0.4 is 29.6 Å². The SMILES string of the molecule is CCCCCCC=COC(=O)CCC(=O)O.[H-].[Na+]. The summed E-state index contributed by atoms with van der Waals surface area (Å²) in [6.07, 6.45) is 8.51. The summed E-state index contributed by atoms with van der Waals surface area (Å²) in [6, 6.07) is 0. The van der Waals surface area contributed by atoms with E-state index in [1.165, 1.54) is 25.5 Å². The van der Waals surface area contributed by atoms with Gasteiger partial charge in [-0.05, 0) is 18.9 Å². The van der Waals surface area contributed by atoms with Gasteiger partial charge in [-0.3, -0.25) is 9.59 Å². The van der Waals surface area contributed by atoms with Crippen molar-refractivity contribution in [3.8, 4) is 0 Å². The maximum absolute atomic E-state index is 10.9. The zero-order valence-corrected chi connectivity index (χ0v) is 12.8. The first-order valence-electron chi connectivity index (χ1n) is 5.73. The molecular weight excluding hydrogens is 231 g/mol. The molecule has 0 atom stereocenters. The third-order valence-corrected chi connectivity index (χ3v) is 2.06. The summed E-state index contributed by atoms with van der Waals surface area (Å²) >= 11 is 0. The van der Waals surface area contributed by atoms with Crippen LogP contribution in [0.3, 0.4) is 0 Å². The number of esters is 1. The van der Waals surface area contributed by atoms with E-state index in [0.29, 0.717) is 0 Å². The van der Waals surface area contributed by atoms with Crippen molar-refractivity contribution in [1.29, 1.82) is 0 Å². The van der Waals surface area contributed by atoms with Crippen LogP contribution in [0.4, 0.5) is 0 Å². The number of carboxylic acids is 1. The third-order valence-electron chi connectivity index (χ3n) is 2.06. The summed E-state index contributed by atoms with van der Waals surface area (Å²) in [7, 11) is 0. The minimum absolute atomic E-state index is 0. The van der Waals surface area contributed by atoms with Crippen LogP contribution in [0.1, 0.15) is 53.3 Å². The van der Waals surface area contributed by atoms with Crippen molar-refractivity contribution in [3.05, 3.63) is 12.3 Å². The van der Waals surface area contributed by atoms with E-state index in [0.717, 1.165) is 12.8 Å². The monoisotopic (exact) mass is 252 g/mol. The Morgan fingerprint density at radius 3 is 2.53 bits per heavy atom. The van der Waals surface area contributed by atoms with E-state index in [4.69, 9.17) is 9.84 Å². The van der Waals surface area contributed by atoms with Gasteiger partial charge in [0, 0.05) is 0 Å². The molecule has 94 valence electrons. The first kappa shape index (κ1) is 19.0. The Morgan fingerprint density at radius 2 is 1.94 bits per heavy atom. The van der Waals surface area contributed by atoms with Crippen LogP contribution in [0.2, 0.25) is 0 Å². The number of aliphatic carboxylic acids is 1. The molecule has 0 aliphatic carbocycles. The molecule has 0 aliphatic heterocycles. The normalized spacial score (nSPS) is 9.94. The zero-order chi connectivity index (χ0) is 12.2. The van der Waals surface area contributed by atoms with Crippen molar-refractivity contribution in [3.63, 3.8) is 0 Å². The van der Waals surface area contributed by atoms with Crippen molar-refractivity contribution in [1.82, 2.24) is 0 Å². The molecule has 0 spiro atoms. The second kappa shape index (κ2) is 13.7. The number of hydrogen-bond acceptors (Lipinski definition) is 3. The average molecular weight is 252 g/mol. The van der Waals surface area contributed by atoms with Gasteiger partial charge in [-0.1, -0.05) is 26.2 Å². The van der Waals surface area contributed by atoms with Crippen molar-refractivity contribution in [2.75, 3.05) is 0 Å². The fraction of sp³-hybridized carbons (Fsp3) is 0.667. The fourth-order valence-electron chi connectivity index (χ4n) is 1.15. The standard InChI is InChI=1S/C12H20O4.Na.H/c1-2-3-4-5-6-7-10-16-12(15)9-8-11(13)14;;/h7,10H,2-6,8-9H2,1H3,(H,13,14);;/q;+1;-1. The van der Waals surface area contributed by atoms with Crippen molar-refractivity contribution in [2.45, 2.75) is 51.9 Å². The molecule has 0 aromatic rings. The van der Waals surface area contributed by atoms with Gasteiger partial charge < -0.3 is 11.3 Å². The number of hydrogen-bond donors (Lipinski definition) is 1. The fourth-order valence-corrected chi connectivity index (χ4v) is 1.15. The molecule has 1 N–H and O–H groups in total. The molecule has 0 saturated carbocycles. The largest absolute Gasteiger partial charge is 1.00 e. The molecule has 0 aromatic heterocycles. The Morgan fingerprint density at radius 1 is 1.24 bits per heavy atom. The van der Waals surface area contributed by atoms with Crippen LogP contribution in [-0.2, 0) is 14.3 Å². The Bertz CT molecular complexity index is 244. The van der Waals surface area contributed by atoms with Gasteiger partial charge in [0.15, 0.2) is 0 Å². The summed E-state index contributed by atoms with van der Waals surface area (Å²) < 4.78 is 4.72. The Labute approximate surface area is 126 Å². The van der Waals surface area contributed by atoms with E-state index < -0.39 is 11.9 Å². The topological polar surface area (TPSA) is 63.6 Å². The number of carbonyl (C=O) groups excluding carboxylic acids is 1. The molecule has 5 heteroatoms. The molecule has 17 heavy (non-hydrogen) atoms. The molecule has 0 fully saturated rings. The van der Waals surface area contributed by atoms with Crippen LogP contribution in [-0.4, -0.2) is 17.0 Å². The van der Waals surface area contributed by atoms with Crippen LogP contribution >= 0.6 is 0 Å². The number of ether oxygens (including phenoxy) is 1. The second-order valence-electron chi connectivity index (χ2n) is 3.60. The summed E-state index contributed by atoms with van der Waals surface area (Å²) in [5.41, 5.74) is 0. The average Bonchev–Trinajstić information content (AvgIpc) is 2.25. The second-order valence-corrected chi connectivity index (χ2v) is 3.60. The van der Waals surface area contributed by atoms with Gasteiger partial charge in [0.05, 0.1) is 19.1 Å². The van der Waals surface area contributed by atoms with E-state index in [1.54, 1.807) is 6.08 Å². The number of carbonyl (C=O) groups is 2. The van der Waals surface area contributed by atoms with Gasteiger partial charge >= 0.3 is 41.5 Å². The molecule has 0 aromatic carbocycles. The summed E-state index contributed by atoms with van der Waals surface area (Å²) in [4.78, 5) is 21.1. The molecule has 4 nitrogen and oxygen atoms in total. The van der Waals surface area contributed by atoms with Crippen LogP contribution in [0.5, 0.6) is 0 Å². The molecule has 0 unspecified atom stereocenters. The van der Waals surface area contributed by atoms with Gasteiger partial charge in [-0.15, -0.1) is 0 Å². The molecule has 0 heterocycles. The Kier molecular flexibility index (Phi) is 15.4. The minimum Gasteiger partial charge on any atom is -1.00 e. The Hall–Kier alpha value is -0.320. The molecule has 0 saturated heterocycles. The number of unbranched alkanes of at least 4 members (excludes halogenated alkanes) is 4. The first-order chi connectivity index (χ1) is 7.66.